The van der Waals surface area contributed by atoms with Gasteiger partial charge < -0.3 is 16.2 Å². The Balaban J connectivity index is 1.78. The Bertz CT molecular complexity index is 452. The van der Waals surface area contributed by atoms with E-state index < -0.39 is 6.04 Å². The number of hydrogen-bond donors (Lipinski definition) is 3. The average molecular weight is 276 g/mol. The number of phenols is 1. The minimum atomic E-state index is -0.531. The summed E-state index contributed by atoms with van der Waals surface area (Å²) in [6.45, 7) is 2.93. The van der Waals surface area contributed by atoms with Crippen LogP contribution in [0.15, 0.2) is 24.3 Å². The zero-order valence-corrected chi connectivity index (χ0v) is 12.1. The second kappa shape index (κ2) is 6.27. The number of nitrogens with one attached hydrogen (secondary N) is 1. The van der Waals surface area contributed by atoms with Crippen LogP contribution in [0.3, 0.4) is 0 Å². The Kier molecular flexibility index (Phi) is 4.65. The first kappa shape index (κ1) is 14.9. The highest BCUT2D eigenvalue weighted by molar-refractivity contribution is 5.81. The van der Waals surface area contributed by atoms with Crippen molar-refractivity contribution in [2.75, 3.05) is 6.54 Å². The first-order valence-corrected chi connectivity index (χ1v) is 7.36. The molecule has 2 rings (SSSR count). The fraction of sp³-hybridized carbons (Fsp3) is 0.562. The van der Waals surface area contributed by atoms with Crippen LogP contribution in [-0.2, 0) is 11.2 Å². The van der Waals surface area contributed by atoms with Crippen LogP contribution in [0.25, 0.3) is 0 Å². The summed E-state index contributed by atoms with van der Waals surface area (Å²) in [6.07, 6.45) is 5.27. The molecule has 1 unspecified atom stereocenters. The van der Waals surface area contributed by atoms with E-state index in [1.54, 1.807) is 24.3 Å². The molecule has 0 aromatic heterocycles. The van der Waals surface area contributed by atoms with Gasteiger partial charge in [-0.2, -0.15) is 0 Å². The lowest BCUT2D eigenvalue weighted by Gasteiger charge is -2.17. The van der Waals surface area contributed by atoms with E-state index in [-0.39, 0.29) is 11.7 Å². The van der Waals surface area contributed by atoms with Gasteiger partial charge in [-0.1, -0.05) is 25.5 Å². The smallest absolute Gasteiger partial charge is 0.237 e. The van der Waals surface area contributed by atoms with Gasteiger partial charge in [-0.25, -0.2) is 0 Å². The molecule has 4 N–H and O–H groups in total. The fourth-order valence-electron chi connectivity index (χ4n) is 2.61. The largest absolute Gasteiger partial charge is 0.508 e. The minimum Gasteiger partial charge on any atom is -0.508 e. The predicted octanol–water partition coefficient (Wildman–Crippen LogP) is 1.96. The van der Waals surface area contributed by atoms with Crippen LogP contribution in [0.5, 0.6) is 5.75 Å². The van der Waals surface area contributed by atoms with Gasteiger partial charge in [-0.3, -0.25) is 4.79 Å². The van der Waals surface area contributed by atoms with Gasteiger partial charge in [0.1, 0.15) is 5.75 Å². The van der Waals surface area contributed by atoms with Gasteiger partial charge in [-0.05, 0) is 48.8 Å². The van der Waals surface area contributed by atoms with Crippen molar-refractivity contribution in [2.24, 2.45) is 11.1 Å². The molecule has 4 heteroatoms. The van der Waals surface area contributed by atoms with Gasteiger partial charge in [0, 0.05) is 6.54 Å². The standard InChI is InChI=1S/C16H24N2O2/c1-2-7-16(8-9-16)11-18-15(20)14(17)10-12-3-5-13(19)6-4-12/h3-6,14,19H,2,7-11,17H2,1H3,(H,18,20). The molecule has 0 radical (unpaired) electrons. The highest BCUT2D eigenvalue weighted by Gasteiger charge is 2.41. The number of rotatable bonds is 7. The molecule has 4 nitrogen and oxygen atoms in total. The lowest BCUT2D eigenvalue weighted by molar-refractivity contribution is -0.122. The van der Waals surface area contributed by atoms with Crippen molar-refractivity contribution >= 4 is 5.91 Å². The van der Waals surface area contributed by atoms with Crippen LogP contribution in [0.2, 0.25) is 0 Å². The number of carbonyl (C=O) groups is 1. The van der Waals surface area contributed by atoms with Crippen LogP contribution in [-0.4, -0.2) is 23.6 Å². The van der Waals surface area contributed by atoms with Gasteiger partial charge in [0.05, 0.1) is 6.04 Å². The van der Waals surface area contributed by atoms with Crippen LogP contribution >= 0.6 is 0 Å². The highest BCUT2D eigenvalue weighted by Crippen LogP contribution is 2.48. The summed E-state index contributed by atoms with van der Waals surface area (Å²) in [5, 5.41) is 12.2. The first-order chi connectivity index (χ1) is 9.54. The topological polar surface area (TPSA) is 75.4 Å². The van der Waals surface area contributed by atoms with E-state index in [1.165, 1.54) is 19.3 Å². The van der Waals surface area contributed by atoms with Crippen molar-refractivity contribution in [3.05, 3.63) is 29.8 Å². The van der Waals surface area contributed by atoms with Crippen molar-refractivity contribution in [1.82, 2.24) is 5.32 Å². The molecule has 1 fully saturated rings. The molecule has 0 spiro atoms. The Morgan fingerprint density at radius 3 is 2.60 bits per heavy atom. The molecule has 1 atom stereocenters. The average Bonchev–Trinajstić information content (AvgIpc) is 3.19. The predicted molar refractivity (Wildman–Crippen MR) is 79.4 cm³/mol. The molecular weight excluding hydrogens is 252 g/mol. The number of phenolic OH excluding ortho intramolecular Hbond substituents is 1. The molecule has 1 amide bonds. The van der Waals surface area contributed by atoms with Gasteiger partial charge in [0.2, 0.25) is 5.91 Å². The minimum absolute atomic E-state index is 0.0829. The van der Waals surface area contributed by atoms with E-state index in [9.17, 15) is 9.90 Å². The number of hydrogen-bond acceptors (Lipinski definition) is 3. The quantitative estimate of drug-likeness (QED) is 0.712. The Hall–Kier alpha value is -1.55. The normalized spacial score (nSPS) is 17.5. The summed E-state index contributed by atoms with van der Waals surface area (Å²) < 4.78 is 0. The molecule has 0 saturated heterocycles. The third kappa shape index (κ3) is 3.97. The lowest BCUT2D eigenvalue weighted by Crippen LogP contribution is -2.44. The molecule has 0 heterocycles. The van der Waals surface area contributed by atoms with Gasteiger partial charge >= 0.3 is 0 Å². The van der Waals surface area contributed by atoms with Crippen LogP contribution in [0.1, 0.15) is 38.2 Å². The Morgan fingerprint density at radius 2 is 2.05 bits per heavy atom. The van der Waals surface area contributed by atoms with Crippen molar-refractivity contribution in [2.45, 2.75) is 45.1 Å². The van der Waals surface area contributed by atoms with Gasteiger partial charge in [-0.15, -0.1) is 0 Å². The second-order valence-electron chi connectivity index (χ2n) is 5.94. The molecule has 110 valence electrons. The summed E-state index contributed by atoms with van der Waals surface area (Å²) >= 11 is 0. The molecule has 20 heavy (non-hydrogen) atoms. The molecule has 1 saturated carbocycles. The zero-order chi connectivity index (χ0) is 14.6. The molecule has 1 aromatic carbocycles. The number of benzene rings is 1. The molecule has 1 aliphatic rings. The Labute approximate surface area is 120 Å². The van der Waals surface area contributed by atoms with Crippen molar-refractivity contribution < 1.29 is 9.90 Å². The van der Waals surface area contributed by atoms with E-state index in [0.717, 1.165) is 18.5 Å². The third-order valence-electron chi connectivity index (χ3n) is 4.10. The maximum absolute atomic E-state index is 12.0. The summed E-state index contributed by atoms with van der Waals surface area (Å²) in [6, 6.07) is 6.28. The number of aromatic hydroxyl groups is 1. The summed E-state index contributed by atoms with van der Waals surface area (Å²) in [7, 11) is 0. The molecule has 1 aromatic rings. The number of carbonyl (C=O) groups excluding carboxylic acids is 1. The lowest BCUT2D eigenvalue weighted by atomic mass is 10.0. The molecule has 0 aliphatic heterocycles. The molecule has 0 bridgehead atoms. The maximum atomic E-state index is 12.0. The van der Waals surface area contributed by atoms with Crippen LogP contribution < -0.4 is 11.1 Å². The fourth-order valence-corrected chi connectivity index (χ4v) is 2.61. The van der Waals surface area contributed by atoms with Crippen molar-refractivity contribution in [3.63, 3.8) is 0 Å². The second-order valence-corrected chi connectivity index (χ2v) is 5.94. The maximum Gasteiger partial charge on any atom is 0.237 e. The number of amides is 1. The Morgan fingerprint density at radius 1 is 1.40 bits per heavy atom. The highest BCUT2D eigenvalue weighted by atomic mass is 16.3. The summed E-state index contributed by atoms with van der Waals surface area (Å²) in [5.41, 5.74) is 7.24. The van der Waals surface area contributed by atoms with E-state index in [4.69, 9.17) is 5.73 Å². The van der Waals surface area contributed by atoms with Crippen molar-refractivity contribution in [3.8, 4) is 5.75 Å². The summed E-state index contributed by atoms with van der Waals surface area (Å²) in [4.78, 5) is 12.0. The number of nitrogens with two attached hydrogens (primary N) is 1. The van der Waals surface area contributed by atoms with Gasteiger partial charge in [0.25, 0.3) is 0 Å². The van der Waals surface area contributed by atoms with Crippen molar-refractivity contribution in [1.29, 1.82) is 0 Å². The van der Waals surface area contributed by atoms with Crippen LogP contribution in [0, 0.1) is 5.41 Å². The molecular formula is C16H24N2O2. The van der Waals surface area contributed by atoms with E-state index in [2.05, 4.69) is 12.2 Å². The zero-order valence-electron chi connectivity index (χ0n) is 12.1. The van der Waals surface area contributed by atoms with E-state index in [0.29, 0.717) is 11.8 Å². The van der Waals surface area contributed by atoms with E-state index in [1.807, 2.05) is 0 Å². The summed E-state index contributed by atoms with van der Waals surface area (Å²) in [5.74, 6) is 0.141. The molecule has 1 aliphatic carbocycles. The van der Waals surface area contributed by atoms with Gasteiger partial charge in [0.15, 0.2) is 0 Å². The third-order valence-corrected chi connectivity index (χ3v) is 4.10. The first-order valence-electron chi connectivity index (χ1n) is 7.36. The monoisotopic (exact) mass is 276 g/mol. The SMILES string of the molecule is CCCC1(CNC(=O)C(N)Cc2ccc(O)cc2)CC1. The van der Waals surface area contributed by atoms with Crippen LogP contribution in [0.4, 0.5) is 0 Å². The van der Waals surface area contributed by atoms with E-state index >= 15 is 0 Å².